The second kappa shape index (κ2) is 6.20. The number of hydrogen-bond donors (Lipinski definition) is 0. The molecule has 0 N–H and O–H groups in total. The predicted molar refractivity (Wildman–Crippen MR) is 65.8 cm³/mol. The number of rotatable bonds is 0. The summed E-state index contributed by atoms with van der Waals surface area (Å²) in [6, 6.07) is 8.45. The third kappa shape index (κ3) is 5.40. The van der Waals surface area contributed by atoms with Gasteiger partial charge in [0.1, 0.15) is 0 Å². The summed E-state index contributed by atoms with van der Waals surface area (Å²) in [4.78, 5) is 0. The number of halogens is 1. The third-order valence-corrected chi connectivity index (χ3v) is 2.18. The molecule has 0 aliphatic rings. The molecule has 0 saturated carbocycles. The van der Waals surface area contributed by atoms with Gasteiger partial charge in [-0.25, -0.2) is 0 Å². The molecule has 0 radical (unpaired) electrons. The van der Waals surface area contributed by atoms with E-state index < -0.39 is 0 Å². The summed E-state index contributed by atoms with van der Waals surface area (Å²) in [6.45, 7) is 6.65. The van der Waals surface area contributed by atoms with Gasteiger partial charge in [0.2, 0.25) is 0 Å². The fraction of sp³-hybridized carbons (Fsp3) is 0.500. The van der Waals surface area contributed by atoms with Crippen LogP contribution in [0.3, 0.4) is 0 Å². The Morgan fingerprint density at radius 1 is 1.14 bits per heavy atom. The molecule has 2 heteroatoms. The molecule has 0 heterocycles. The van der Waals surface area contributed by atoms with Gasteiger partial charge >= 0.3 is 0 Å². The predicted octanol–water partition coefficient (Wildman–Crippen LogP) is 4.01. The summed E-state index contributed by atoms with van der Waals surface area (Å²) in [6.07, 6.45) is 0. The zero-order valence-corrected chi connectivity index (χ0v) is 11.2. The van der Waals surface area contributed by atoms with Gasteiger partial charge in [-0.1, -0.05) is 48.8 Å². The lowest BCUT2D eigenvalue weighted by atomic mass is 9.87. The van der Waals surface area contributed by atoms with Gasteiger partial charge < -0.3 is 4.74 Å². The van der Waals surface area contributed by atoms with Gasteiger partial charge in [0.25, 0.3) is 0 Å². The van der Waals surface area contributed by atoms with Crippen molar-refractivity contribution in [3.8, 4) is 0 Å². The summed E-state index contributed by atoms with van der Waals surface area (Å²) in [5, 5.41) is 0. The number of methoxy groups -OCH3 is 1. The average Bonchev–Trinajstić information content (AvgIpc) is 2.04. The quantitative estimate of drug-likeness (QED) is 0.684. The monoisotopic (exact) mass is 258 g/mol. The van der Waals surface area contributed by atoms with E-state index in [9.17, 15) is 0 Å². The Balaban J connectivity index is 0.000000500. The Morgan fingerprint density at radius 2 is 1.64 bits per heavy atom. The summed E-state index contributed by atoms with van der Waals surface area (Å²) in [7, 11) is 3.25. The second-order valence-electron chi connectivity index (χ2n) is 4.17. The molecule has 1 aromatic carbocycles. The first-order valence-corrected chi connectivity index (χ1v) is 5.37. The van der Waals surface area contributed by atoms with Crippen molar-refractivity contribution in [1.82, 2.24) is 0 Å². The Hall–Kier alpha value is -0.340. The largest absolute Gasteiger partial charge is 0.388 e. The third-order valence-electron chi connectivity index (χ3n) is 1.69. The average molecular weight is 259 g/mol. The highest BCUT2D eigenvalue weighted by molar-refractivity contribution is 9.10. The van der Waals surface area contributed by atoms with E-state index in [1.807, 2.05) is 0 Å². The normalized spacial score (nSPS) is 10.4. The first kappa shape index (κ1) is 13.7. The van der Waals surface area contributed by atoms with Crippen molar-refractivity contribution in [3.05, 3.63) is 34.3 Å². The molecule has 0 amide bonds. The summed E-state index contributed by atoms with van der Waals surface area (Å²) < 4.78 is 5.41. The SMILES string of the molecule is CC(C)(C)c1cccc(Br)c1.COC. The van der Waals surface area contributed by atoms with Crippen molar-refractivity contribution >= 4 is 15.9 Å². The minimum absolute atomic E-state index is 0.254. The standard InChI is InChI=1S/C10H13Br.C2H6O/c1-10(2,3)8-5-4-6-9(11)7-8;1-3-2/h4-7H,1-3H3;1-2H3. The van der Waals surface area contributed by atoms with Crippen molar-refractivity contribution < 1.29 is 4.74 Å². The maximum atomic E-state index is 4.25. The smallest absolute Gasteiger partial charge is 0.0351 e. The highest BCUT2D eigenvalue weighted by Crippen LogP contribution is 2.24. The highest BCUT2D eigenvalue weighted by atomic mass is 79.9. The molecule has 0 bridgehead atoms. The van der Waals surface area contributed by atoms with Crippen LogP contribution in [0.5, 0.6) is 0 Å². The summed E-state index contributed by atoms with van der Waals surface area (Å²) in [5.74, 6) is 0. The van der Waals surface area contributed by atoms with E-state index >= 15 is 0 Å². The lowest BCUT2D eigenvalue weighted by molar-refractivity contribution is 0.277. The second-order valence-corrected chi connectivity index (χ2v) is 5.08. The van der Waals surface area contributed by atoms with Crippen LogP contribution in [0.15, 0.2) is 28.7 Å². The lowest BCUT2D eigenvalue weighted by Crippen LogP contribution is -2.10. The van der Waals surface area contributed by atoms with Gasteiger partial charge in [0.05, 0.1) is 0 Å². The van der Waals surface area contributed by atoms with Gasteiger partial charge in [-0.15, -0.1) is 0 Å². The zero-order valence-electron chi connectivity index (χ0n) is 9.60. The summed E-state index contributed by atoms with van der Waals surface area (Å²) >= 11 is 3.45. The minimum atomic E-state index is 0.254. The maximum absolute atomic E-state index is 4.25. The molecule has 0 aliphatic carbocycles. The van der Waals surface area contributed by atoms with Gasteiger partial charge in [-0.2, -0.15) is 0 Å². The molecule has 0 fully saturated rings. The molecular formula is C12H19BrO. The van der Waals surface area contributed by atoms with Crippen molar-refractivity contribution in [3.63, 3.8) is 0 Å². The van der Waals surface area contributed by atoms with Gasteiger partial charge in [-0.05, 0) is 23.1 Å². The number of hydrogen-bond acceptors (Lipinski definition) is 1. The highest BCUT2D eigenvalue weighted by Gasteiger charge is 2.12. The Morgan fingerprint density at radius 3 is 1.93 bits per heavy atom. The van der Waals surface area contributed by atoms with Crippen LogP contribution in [0, 0.1) is 0 Å². The van der Waals surface area contributed by atoms with E-state index in [2.05, 4.69) is 65.7 Å². The number of ether oxygens (including phenoxy) is 1. The zero-order chi connectivity index (χ0) is 11.2. The van der Waals surface area contributed by atoms with Crippen molar-refractivity contribution in [2.24, 2.45) is 0 Å². The van der Waals surface area contributed by atoms with Crippen molar-refractivity contribution in [2.75, 3.05) is 14.2 Å². The van der Waals surface area contributed by atoms with Crippen LogP contribution < -0.4 is 0 Å². The molecule has 14 heavy (non-hydrogen) atoms. The molecule has 0 unspecified atom stereocenters. The van der Waals surface area contributed by atoms with Gasteiger partial charge in [0.15, 0.2) is 0 Å². The molecule has 0 aliphatic heterocycles. The molecule has 1 rings (SSSR count). The van der Waals surface area contributed by atoms with Crippen LogP contribution in [-0.2, 0) is 10.2 Å². The Labute approximate surface area is 95.6 Å². The van der Waals surface area contributed by atoms with Crippen LogP contribution in [0.1, 0.15) is 26.3 Å². The van der Waals surface area contributed by atoms with Crippen LogP contribution in [0.25, 0.3) is 0 Å². The van der Waals surface area contributed by atoms with Crippen LogP contribution >= 0.6 is 15.9 Å². The van der Waals surface area contributed by atoms with E-state index in [-0.39, 0.29) is 5.41 Å². The van der Waals surface area contributed by atoms with E-state index in [0.29, 0.717) is 0 Å². The van der Waals surface area contributed by atoms with E-state index in [4.69, 9.17) is 0 Å². The Bertz CT molecular complexity index is 263. The first-order chi connectivity index (χ1) is 6.41. The van der Waals surface area contributed by atoms with Crippen molar-refractivity contribution in [1.29, 1.82) is 0 Å². The molecule has 80 valence electrons. The fourth-order valence-corrected chi connectivity index (χ4v) is 1.35. The number of benzene rings is 1. The molecule has 1 aromatic rings. The Kier molecular flexibility index (Phi) is 6.05. The van der Waals surface area contributed by atoms with Gasteiger partial charge in [-0.3, -0.25) is 0 Å². The van der Waals surface area contributed by atoms with Gasteiger partial charge in [0, 0.05) is 18.7 Å². The summed E-state index contributed by atoms with van der Waals surface area (Å²) in [5.41, 5.74) is 1.62. The fourth-order valence-electron chi connectivity index (χ4n) is 0.955. The first-order valence-electron chi connectivity index (χ1n) is 4.58. The van der Waals surface area contributed by atoms with Crippen LogP contribution in [0.4, 0.5) is 0 Å². The van der Waals surface area contributed by atoms with Crippen LogP contribution in [-0.4, -0.2) is 14.2 Å². The molecule has 0 atom stereocenters. The lowest BCUT2D eigenvalue weighted by Gasteiger charge is -2.18. The van der Waals surface area contributed by atoms with E-state index in [1.165, 1.54) is 5.56 Å². The molecular weight excluding hydrogens is 240 g/mol. The molecule has 0 aromatic heterocycles. The van der Waals surface area contributed by atoms with Crippen LogP contribution in [0.2, 0.25) is 0 Å². The molecule has 0 spiro atoms. The minimum Gasteiger partial charge on any atom is -0.388 e. The van der Waals surface area contributed by atoms with E-state index in [0.717, 1.165) is 4.47 Å². The molecule has 1 nitrogen and oxygen atoms in total. The molecule has 0 saturated heterocycles. The maximum Gasteiger partial charge on any atom is 0.0351 e. The topological polar surface area (TPSA) is 9.23 Å². The van der Waals surface area contributed by atoms with E-state index in [1.54, 1.807) is 14.2 Å². The van der Waals surface area contributed by atoms with Crippen molar-refractivity contribution in [2.45, 2.75) is 26.2 Å².